The van der Waals surface area contributed by atoms with Crippen LogP contribution >= 0.6 is 0 Å². The summed E-state index contributed by atoms with van der Waals surface area (Å²) < 4.78 is 10.5. The van der Waals surface area contributed by atoms with Gasteiger partial charge in [-0.25, -0.2) is 0 Å². The summed E-state index contributed by atoms with van der Waals surface area (Å²) in [6.07, 6.45) is 1.54. The number of carbonyl (C=O) groups is 2. The molecule has 0 heterocycles. The van der Waals surface area contributed by atoms with Crippen molar-refractivity contribution in [1.82, 2.24) is 10.6 Å². The second-order valence-electron chi connectivity index (χ2n) is 6.49. The number of ether oxygens (including phenoxy) is 2. The maximum Gasteiger partial charge on any atom is 0.309 e. The van der Waals surface area contributed by atoms with Crippen LogP contribution in [0.15, 0.2) is 42.5 Å². The zero-order valence-corrected chi connectivity index (χ0v) is 16.9. The molecule has 2 amide bonds. The van der Waals surface area contributed by atoms with Gasteiger partial charge in [0.05, 0.1) is 20.3 Å². The summed E-state index contributed by atoms with van der Waals surface area (Å²) in [5.41, 5.74) is 3.17. The SMILES string of the molecule is CCc1ccc(C(C)NC(=O)C(=O)NCCc2ccc(OC)c(OC)c2)cc1. The van der Waals surface area contributed by atoms with E-state index in [0.29, 0.717) is 24.5 Å². The van der Waals surface area contributed by atoms with Gasteiger partial charge >= 0.3 is 11.8 Å². The molecule has 0 fully saturated rings. The molecule has 0 saturated carbocycles. The second-order valence-corrected chi connectivity index (χ2v) is 6.49. The van der Waals surface area contributed by atoms with Gasteiger partial charge in [0.15, 0.2) is 11.5 Å². The fourth-order valence-electron chi connectivity index (χ4n) is 2.82. The van der Waals surface area contributed by atoms with Crippen molar-refractivity contribution in [1.29, 1.82) is 0 Å². The van der Waals surface area contributed by atoms with E-state index in [2.05, 4.69) is 17.6 Å². The van der Waals surface area contributed by atoms with Gasteiger partial charge in [-0.2, -0.15) is 0 Å². The van der Waals surface area contributed by atoms with Gasteiger partial charge in [0.25, 0.3) is 0 Å². The molecule has 0 bridgehead atoms. The quantitative estimate of drug-likeness (QED) is 0.686. The van der Waals surface area contributed by atoms with Gasteiger partial charge in [0.2, 0.25) is 0 Å². The lowest BCUT2D eigenvalue weighted by Crippen LogP contribution is -2.41. The van der Waals surface area contributed by atoms with Gasteiger partial charge in [0, 0.05) is 6.54 Å². The Hall–Kier alpha value is -3.02. The lowest BCUT2D eigenvalue weighted by molar-refractivity contribution is -0.139. The summed E-state index contributed by atoms with van der Waals surface area (Å²) in [4.78, 5) is 24.2. The van der Waals surface area contributed by atoms with Crippen LogP contribution in [0.2, 0.25) is 0 Å². The molecule has 2 N–H and O–H groups in total. The maximum atomic E-state index is 12.1. The topological polar surface area (TPSA) is 76.7 Å². The van der Waals surface area contributed by atoms with Gasteiger partial charge in [0.1, 0.15) is 0 Å². The Morgan fingerprint density at radius 3 is 2.18 bits per heavy atom. The monoisotopic (exact) mass is 384 g/mol. The highest BCUT2D eigenvalue weighted by Crippen LogP contribution is 2.27. The van der Waals surface area contributed by atoms with Crippen LogP contribution in [-0.4, -0.2) is 32.6 Å². The summed E-state index contributed by atoms with van der Waals surface area (Å²) in [6, 6.07) is 13.3. The molecular formula is C22H28N2O4. The van der Waals surface area contributed by atoms with Crippen LogP contribution in [0.5, 0.6) is 11.5 Å². The third-order valence-corrected chi connectivity index (χ3v) is 4.59. The third-order valence-electron chi connectivity index (χ3n) is 4.59. The molecule has 6 nitrogen and oxygen atoms in total. The van der Waals surface area contributed by atoms with Crippen molar-refractivity contribution >= 4 is 11.8 Å². The molecule has 1 unspecified atom stereocenters. The first-order valence-electron chi connectivity index (χ1n) is 9.36. The van der Waals surface area contributed by atoms with E-state index in [1.165, 1.54) is 5.56 Å². The lowest BCUT2D eigenvalue weighted by Gasteiger charge is -2.15. The molecule has 0 aliphatic carbocycles. The Balaban J connectivity index is 1.82. The summed E-state index contributed by atoms with van der Waals surface area (Å²) in [7, 11) is 3.15. The Morgan fingerprint density at radius 1 is 0.929 bits per heavy atom. The minimum atomic E-state index is -0.641. The van der Waals surface area contributed by atoms with E-state index in [-0.39, 0.29) is 6.04 Å². The number of hydrogen-bond acceptors (Lipinski definition) is 4. The molecule has 0 aromatic heterocycles. The normalized spacial score (nSPS) is 11.4. The number of rotatable bonds is 8. The molecule has 0 spiro atoms. The minimum Gasteiger partial charge on any atom is -0.493 e. The van der Waals surface area contributed by atoms with Gasteiger partial charge in [-0.3, -0.25) is 9.59 Å². The van der Waals surface area contributed by atoms with Crippen molar-refractivity contribution in [3.63, 3.8) is 0 Å². The maximum absolute atomic E-state index is 12.1. The number of amides is 2. The molecule has 0 aliphatic heterocycles. The highest BCUT2D eigenvalue weighted by Gasteiger charge is 2.16. The van der Waals surface area contributed by atoms with Crippen LogP contribution in [0.3, 0.4) is 0 Å². The van der Waals surface area contributed by atoms with Crippen LogP contribution in [0.25, 0.3) is 0 Å². The average molecular weight is 384 g/mol. The smallest absolute Gasteiger partial charge is 0.309 e. The van der Waals surface area contributed by atoms with Crippen molar-refractivity contribution in [2.24, 2.45) is 0 Å². The van der Waals surface area contributed by atoms with Gasteiger partial charge in [-0.1, -0.05) is 37.3 Å². The molecule has 150 valence electrons. The number of carbonyl (C=O) groups excluding carboxylic acids is 2. The van der Waals surface area contributed by atoms with Gasteiger partial charge < -0.3 is 20.1 Å². The zero-order chi connectivity index (χ0) is 20.5. The van der Waals surface area contributed by atoms with Crippen LogP contribution < -0.4 is 20.1 Å². The highest BCUT2D eigenvalue weighted by molar-refractivity contribution is 6.35. The number of nitrogens with one attached hydrogen (secondary N) is 2. The van der Waals surface area contributed by atoms with Crippen molar-refractivity contribution in [3.05, 3.63) is 59.2 Å². The van der Waals surface area contributed by atoms with Crippen molar-refractivity contribution in [3.8, 4) is 11.5 Å². The number of aryl methyl sites for hydroxylation is 1. The van der Waals surface area contributed by atoms with E-state index in [1.807, 2.05) is 49.4 Å². The van der Waals surface area contributed by atoms with E-state index in [0.717, 1.165) is 17.5 Å². The number of benzene rings is 2. The van der Waals surface area contributed by atoms with E-state index in [1.54, 1.807) is 14.2 Å². The minimum absolute atomic E-state index is 0.241. The lowest BCUT2D eigenvalue weighted by atomic mass is 10.1. The summed E-state index contributed by atoms with van der Waals surface area (Å²) >= 11 is 0. The predicted octanol–water partition coefficient (Wildman–Crippen LogP) is 2.80. The third kappa shape index (κ3) is 5.74. The Morgan fingerprint density at radius 2 is 1.57 bits per heavy atom. The van der Waals surface area contributed by atoms with Crippen LogP contribution in [0, 0.1) is 0 Å². The first-order chi connectivity index (χ1) is 13.5. The van der Waals surface area contributed by atoms with Crippen molar-refractivity contribution in [2.75, 3.05) is 20.8 Å². The standard InChI is InChI=1S/C22H28N2O4/c1-5-16-6-9-18(10-7-16)15(2)24-22(26)21(25)23-13-12-17-8-11-19(27-3)20(14-17)28-4/h6-11,14-15H,5,12-13H2,1-4H3,(H,23,25)(H,24,26). The molecule has 0 saturated heterocycles. The van der Waals surface area contributed by atoms with Gasteiger partial charge in [-0.15, -0.1) is 0 Å². The fraction of sp³-hybridized carbons (Fsp3) is 0.364. The number of hydrogen-bond donors (Lipinski definition) is 2. The Labute approximate surface area is 166 Å². The fourth-order valence-corrected chi connectivity index (χ4v) is 2.82. The first kappa shape index (κ1) is 21.3. The number of methoxy groups -OCH3 is 2. The molecular weight excluding hydrogens is 356 g/mol. The molecule has 2 aromatic carbocycles. The Kier molecular flexibility index (Phi) is 7.87. The molecule has 0 radical (unpaired) electrons. The molecule has 1 atom stereocenters. The van der Waals surface area contributed by atoms with Crippen LogP contribution in [-0.2, 0) is 22.4 Å². The summed E-state index contributed by atoms with van der Waals surface area (Å²) in [6.45, 7) is 4.30. The van der Waals surface area contributed by atoms with Gasteiger partial charge in [-0.05, 0) is 48.6 Å². The van der Waals surface area contributed by atoms with Crippen molar-refractivity contribution in [2.45, 2.75) is 32.7 Å². The van der Waals surface area contributed by atoms with Crippen molar-refractivity contribution < 1.29 is 19.1 Å². The molecule has 6 heteroatoms. The predicted molar refractivity (Wildman–Crippen MR) is 109 cm³/mol. The van der Waals surface area contributed by atoms with E-state index in [4.69, 9.17) is 9.47 Å². The van der Waals surface area contributed by atoms with E-state index < -0.39 is 11.8 Å². The molecule has 0 aliphatic rings. The molecule has 28 heavy (non-hydrogen) atoms. The van der Waals surface area contributed by atoms with Crippen LogP contribution in [0.4, 0.5) is 0 Å². The van der Waals surface area contributed by atoms with E-state index in [9.17, 15) is 9.59 Å². The van der Waals surface area contributed by atoms with E-state index >= 15 is 0 Å². The molecule has 2 aromatic rings. The zero-order valence-electron chi connectivity index (χ0n) is 16.9. The first-order valence-corrected chi connectivity index (χ1v) is 9.36. The molecule has 2 rings (SSSR count). The average Bonchev–Trinajstić information content (AvgIpc) is 2.73. The Bertz CT molecular complexity index is 803. The van der Waals surface area contributed by atoms with Crippen LogP contribution in [0.1, 0.15) is 36.6 Å². The summed E-state index contributed by atoms with van der Waals surface area (Å²) in [5.74, 6) is -0.000471. The second kappa shape index (κ2) is 10.3. The summed E-state index contributed by atoms with van der Waals surface area (Å²) in [5, 5.41) is 5.38. The largest absolute Gasteiger partial charge is 0.493 e. The highest BCUT2D eigenvalue weighted by atomic mass is 16.5.